The zero-order chi connectivity index (χ0) is 29.4. The molecule has 1 aliphatic carbocycles. The Morgan fingerprint density at radius 3 is 2.44 bits per heavy atom. The first kappa shape index (κ1) is 31.0. The summed E-state index contributed by atoms with van der Waals surface area (Å²) in [6.45, 7) is 2.12. The number of nitrogens with two attached hydrogens (primary N) is 1. The maximum absolute atomic E-state index is 13.0. The fourth-order valence-corrected chi connectivity index (χ4v) is 6.83. The van der Waals surface area contributed by atoms with Gasteiger partial charge in [0.1, 0.15) is 11.0 Å². The standard InChI is InChI=1S/C30H41N3O7S/c1-20(34)32-26-13-12-23(16-21-8-4-2-5-9-21)25(29(26)41(31,37)38)18-28(35)27(17-22-10-6-3-7-11-22)33-30(36)40-24-14-15-39-19-24/h3,6-7,10-13,21,24,27-28,35H,2,4-5,8-9,14-19H2,1H3,(H,32,34)(H,33,36)(H2,31,37,38)/t24-,27?,28-/m0/s1. The molecule has 1 heterocycles. The molecule has 10 nitrogen and oxygen atoms in total. The molecule has 0 spiro atoms. The predicted octanol–water partition coefficient (Wildman–Crippen LogP) is 3.45. The van der Waals surface area contributed by atoms with Gasteiger partial charge in [0.15, 0.2) is 0 Å². The highest BCUT2D eigenvalue weighted by Crippen LogP contribution is 2.34. The molecule has 0 aromatic heterocycles. The van der Waals surface area contributed by atoms with E-state index in [1.54, 1.807) is 6.07 Å². The monoisotopic (exact) mass is 587 g/mol. The van der Waals surface area contributed by atoms with Crippen molar-refractivity contribution in [1.82, 2.24) is 5.32 Å². The van der Waals surface area contributed by atoms with Crippen LogP contribution in [0.1, 0.15) is 62.1 Å². The van der Waals surface area contributed by atoms with E-state index in [2.05, 4.69) is 10.6 Å². The molecule has 0 bridgehead atoms. The first-order valence-electron chi connectivity index (χ1n) is 14.3. The highest BCUT2D eigenvalue weighted by atomic mass is 32.2. The fourth-order valence-electron chi connectivity index (χ4n) is 5.84. The SMILES string of the molecule is CC(=O)Nc1ccc(CC2CCCCC2)c(C[C@H](O)C(Cc2ccccc2)NC(=O)O[C@H]2CCOC2)c1S(N)(=O)=O. The molecule has 0 radical (unpaired) electrons. The lowest BCUT2D eigenvalue weighted by Gasteiger charge is -2.28. The molecular weight excluding hydrogens is 546 g/mol. The molecule has 1 saturated carbocycles. The van der Waals surface area contributed by atoms with E-state index in [1.807, 2.05) is 36.4 Å². The Morgan fingerprint density at radius 1 is 1.07 bits per heavy atom. The van der Waals surface area contributed by atoms with Gasteiger partial charge in [0.25, 0.3) is 0 Å². The van der Waals surface area contributed by atoms with Gasteiger partial charge in [-0.3, -0.25) is 4.79 Å². The molecule has 2 fully saturated rings. The second-order valence-corrected chi connectivity index (χ2v) is 12.6. The number of hydrogen-bond acceptors (Lipinski definition) is 7. The molecule has 2 aliphatic rings. The first-order chi connectivity index (χ1) is 19.6. The van der Waals surface area contributed by atoms with Crippen molar-refractivity contribution >= 4 is 27.7 Å². The minimum atomic E-state index is -4.29. The minimum Gasteiger partial charge on any atom is -0.444 e. The van der Waals surface area contributed by atoms with E-state index >= 15 is 0 Å². The molecule has 1 saturated heterocycles. The molecule has 224 valence electrons. The van der Waals surface area contributed by atoms with Crippen molar-refractivity contribution in [2.45, 2.75) is 87.9 Å². The van der Waals surface area contributed by atoms with Crippen molar-refractivity contribution in [2.75, 3.05) is 18.5 Å². The molecule has 3 atom stereocenters. The van der Waals surface area contributed by atoms with E-state index in [-0.39, 0.29) is 29.5 Å². The van der Waals surface area contributed by atoms with Crippen LogP contribution in [0.25, 0.3) is 0 Å². The van der Waals surface area contributed by atoms with Gasteiger partial charge in [-0.1, -0.05) is 68.5 Å². The Hall–Kier alpha value is -2.99. The summed E-state index contributed by atoms with van der Waals surface area (Å²) >= 11 is 0. The maximum Gasteiger partial charge on any atom is 0.407 e. The number of primary sulfonamides is 1. The van der Waals surface area contributed by atoms with Gasteiger partial charge in [-0.15, -0.1) is 0 Å². The number of hydrogen-bond donors (Lipinski definition) is 4. The largest absolute Gasteiger partial charge is 0.444 e. The summed E-state index contributed by atoms with van der Waals surface area (Å²) in [7, 11) is -4.29. The van der Waals surface area contributed by atoms with E-state index in [1.165, 1.54) is 13.3 Å². The van der Waals surface area contributed by atoms with E-state index in [0.717, 1.165) is 36.8 Å². The number of amides is 2. The lowest BCUT2D eigenvalue weighted by atomic mass is 9.82. The summed E-state index contributed by atoms with van der Waals surface area (Å²) < 4.78 is 36.7. The number of sulfonamides is 1. The topological polar surface area (TPSA) is 157 Å². The fraction of sp³-hybridized carbons (Fsp3) is 0.533. The van der Waals surface area contributed by atoms with Crippen molar-refractivity contribution in [2.24, 2.45) is 11.1 Å². The molecule has 1 aliphatic heterocycles. The third-order valence-electron chi connectivity index (χ3n) is 7.83. The lowest BCUT2D eigenvalue weighted by molar-refractivity contribution is -0.114. The average molecular weight is 588 g/mol. The van der Waals surface area contributed by atoms with Crippen LogP contribution in [0.4, 0.5) is 10.5 Å². The lowest BCUT2D eigenvalue weighted by Crippen LogP contribution is -2.47. The molecular formula is C30H41N3O7S. The Morgan fingerprint density at radius 2 is 1.80 bits per heavy atom. The van der Waals surface area contributed by atoms with Crippen molar-refractivity contribution in [3.63, 3.8) is 0 Å². The number of rotatable bonds is 11. The number of benzene rings is 2. The molecule has 2 aromatic carbocycles. The molecule has 1 unspecified atom stereocenters. The van der Waals surface area contributed by atoms with Gasteiger partial charge < -0.3 is 25.2 Å². The smallest absolute Gasteiger partial charge is 0.407 e. The molecule has 11 heteroatoms. The van der Waals surface area contributed by atoms with Crippen LogP contribution in [-0.2, 0) is 43.6 Å². The van der Waals surface area contributed by atoms with Crippen LogP contribution in [0, 0.1) is 5.92 Å². The van der Waals surface area contributed by atoms with Crippen LogP contribution in [0.15, 0.2) is 47.4 Å². The highest BCUT2D eigenvalue weighted by Gasteiger charge is 2.31. The summed E-state index contributed by atoms with van der Waals surface area (Å²) in [5, 5.41) is 22.7. The minimum absolute atomic E-state index is 0.0720. The molecule has 2 aromatic rings. The molecule has 4 rings (SSSR count). The number of ether oxygens (including phenoxy) is 2. The summed E-state index contributed by atoms with van der Waals surface area (Å²) in [5.74, 6) is -0.0647. The van der Waals surface area contributed by atoms with Crippen LogP contribution in [0.5, 0.6) is 0 Å². The van der Waals surface area contributed by atoms with Gasteiger partial charge in [-0.05, 0) is 41.5 Å². The van der Waals surface area contributed by atoms with Gasteiger partial charge in [0.05, 0.1) is 31.0 Å². The molecule has 41 heavy (non-hydrogen) atoms. The predicted molar refractivity (Wildman–Crippen MR) is 155 cm³/mol. The van der Waals surface area contributed by atoms with Crippen molar-refractivity contribution < 1.29 is 32.6 Å². The van der Waals surface area contributed by atoms with Gasteiger partial charge in [-0.25, -0.2) is 18.4 Å². The number of carbonyl (C=O) groups is 2. The summed E-state index contributed by atoms with van der Waals surface area (Å²) in [4.78, 5) is 24.6. The van der Waals surface area contributed by atoms with E-state index < -0.39 is 34.2 Å². The van der Waals surface area contributed by atoms with Crippen LogP contribution < -0.4 is 15.8 Å². The van der Waals surface area contributed by atoms with Crippen LogP contribution in [0.3, 0.4) is 0 Å². The molecule has 2 amide bonds. The highest BCUT2D eigenvalue weighted by molar-refractivity contribution is 7.89. The summed E-state index contributed by atoms with van der Waals surface area (Å²) in [5.41, 5.74) is 2.07. The van der Waals surface area contributed by atoms with Crippen LogP contribution >= 0.6 is 0 Å². The Labute approximate surface area is 242 Å². The van der Waals surface area contributed by atoms with E-state index in [9.17, 15) is 23.1 Å². The zero-order valence-corrected chi connectivity index (χ0v) is 24.3. The van der Waals surface area contributed by atoms with Gasteiger partial charge in [-0.2, -0.15) is 0 Å². The maximum atomic E-state index is 13.0. The number of aliphatic hydroxyl groups is 1. The Bertz CT molecular complexity index is 1290. The normalized spacial score (nSPS) is 19.3. The van der Waals surface area contributed by atoms with Gasteiger partial charge >= 0.3 is 6.09 Å². The number of nitrogens with one attached hydrogen (secondary N) is 2. The average Bonchev–Trinajstić information content (AvgIpc) is 3.43. The Balaban J connectivity index is 1.68. The van der Waals surface area contributed by atoms with E-state index in [4.69, 9.17) is 14.6 Å². The van der Waals surface area contributed by atoms with Crippen LogP contribution in [0.2, 0.25) is 0 Å². The first-order valence-corrected chi connectivity index (χ1v) is 15.9. The second-order valence-electron chi connectivity index (χ2n) is 11.1. The quantitative estimate of drug-likeness (QED) is 0.314. The zero-order valence-electron chi connectivity index (χ0n) is 23.5. The van der Waals surface area contributed by atoms with Gasteiger partial charge in [0.2, 0.25) is 15.9 Å². The molecule has 5 N–H and O–H groups in total. The number of anilines is 1. The number of alkyl carbamates (subject to hydrolysis) is 1. The Kier molecular flexibility index (Phi) is 10.8. The van der Waals surface area contributed by atoms with Crippen LogP contribution in [-0.4, -0.2) is 57.0 Å². The second kappa shape index (κ2) is 14.3. The van der Waals surface area contributed by atoms with Crippen molar-refractivity contribution in [3.8, 4) is 0 Å². The summed E-state index contributed by atoms with van der Waals surface area (Å²) in [6, 6.07) is 12.0. The van der Waals surface area contributed by atoms with Crippen molar-refractivity contribution in [1.29, 1.82) is 0 Å². The number of aliphatic hydroxyl groups excluding tert-OH is 1. The third kappa shape index (κ3) is 9.00. The third-order valence-corrected chi connectivity index (χ3v) is 8.86. The van der Waals surface area contributed by atoms with Crippen molar-refractivity contribution in [3.05, 3.63) is 59.2 Å². The summed E-state index contributed by atoms with van der Waals surface area (Å²) in [6.07, 6.45) is 4.65. The van der Waals surface area contributed by atoms with E-state index in [0.29, 0.717) is 37.5 Å². The van der Waals surface area contributed by atoms with Gasteiger partial charge in [0, 0.05) is 19.8 Å². The number of carbonyl (C=O) groups excluding carboxylic acids is 2.